The Bertz CT molecular complexity index is 968. The fourth-order valence-electron chi connectivity index (χ4n) is 4.45. The zero-order valence-corrected chi connectivity index (χ0v) is 25.6. The second kappa shape index (κ2) is 24.3. The Labute approximate surface area is 253 Å². The maximum atomic E-state index is 12.4. The van der Waals surface area contributed by atoms with Crippen molar-refractivity contribution < 1.29 is 23.8 Å². The van der Waals surface area contributed by atoms with E-state index < -0.39 is 18.3 Å². The van der Waals surface area contributed by atoms with Gasteiger partial charge in [0.05, 0.1) is 6.61 Å². The number of allylic oxidation sites excluding steroid dienone is 2. The van der Waals surface area contributed by atoms with Crippen LogP contribution in [0.15, 0.2) is 72.8 Å². The highest BCUT2D eigenvalue weighted by Gasteiger charge is 2.18. The molecular formula is C35H52N2O5. The van der Waals surface area contributed by atoms with E-state index in [0.29, 0.717) is 18.0 Å². The van der Waals surface area contributed by atoms with Crippen molar-refractivity contribution in [2.24, 2.45) is 0 Å². The minimum Gasteiger partial charge on any atom is -0.445 e. The predicted molar refractivity (Wildman–Crippen MR) is 172 cm³/mol. The summed E-state index contributed by atoms with van der Waals surface area (Å²) in [6.45, 7) is 2.86. The van der Waals surface area contributed by atoms with Gasteiger partial charge in [0.2, 0.25) is 0 Å². The zero-order valence-electron chi connectivity index (χ0n) is 25.6. The molecule has 7 nitrogen and oxygen atoms in total. The van der Waals surface area contributed by atoms with Gasteiger partial charge in [0.1, 0.15) is 6.61 Å². The van der Waals surface area contributed by atoms with Crippen molar-refractivity contribution in [3.05, 3.63) is 72.8 Å². The number of rotatable bonds is 23. The minimum atomic E-state index is -0.732. The summed E-state index contributed by atoms with van der Waals surface area (Å²) in [5.41, 5.74) is 1.24. The molecule has 2 aromatic carbocycles. The number of ether oxygens (including phenoxy) is 3. The second-order valence-electron chi connectivity index (χ2n) is 10.6. The molecule has 0 spiro atoms. The van der Waals surface area contributed by atoms with Gasteiger partial charge in [-0.2, -0.15) is 0 Å². The van der Waals surface area contributed by atoms with Gasteiger partial charge in [-0.15, -0.1) is 0 Å². The van der Waals surface area contributed by atoms with E-state index in [9.17, 15) is 9.59 Å². The van der Waals surface area contributed by atoms with Crippen LogP contribution >= 0.6 is 0 Å². The van der Waals surface area contributed by atoms with Gasteiger partial charge in [-0.1, -0.05) is 113 Å². The SMILES string of the molecule is CCCCCCCC/C=C/CCCCCCCCOC[C@@H](COC(=O)Nc1ccccc1)OC(=O)Nc1ccccc1. The quantitative estimate of drug-likeness (QED) is 0.101. The van der Waals surface area contributed by atoms with E-state index in [1.165, 1.54) is 77.0 Å². The van der Waals surface area contributed by atoms with E-state index >= 15 is 0 Å². The van der Waals surface area contributed by atoms with E-state index in [1.807, 2.05) is 36.4 Å². The highest BCUT2D eigenvalue weighted by atomic mass is 16.6. The molecule has 0 fully saturated rings. The molecule has 0 saturated carbocycles. The first-order valence-electron chi connectivity index (χ1n) is 15.9. The molecule has 2 aromatic rings. The van der Waals surface area contributed by atoms with E-state index in [-0.39, 0.29) is 13.2 Å². The summed E-state index contributed by atoms with van der Waals surface area (Å²) in [5.74, 6) is 0. The summed E-state index contributed by atoms with van der Waals surface area (Å²) in [6, 6.07) is 18.1. The Balaban J connectivity index is 1.56. The molecular weight excluding hydrogens is 528 g/mol. The summed E-state index contributed by atoms with van der Waals surface area (Å²) in [5, 5.41) is 5.34. The van der Waals surface area contributed by atoms with Gasteiger partial charge in [0.15, 0.2) is 6.10 Å². The molecule has 0 aliphatic rings. The Morgan fingerprint density at radius 3 is 1.71 bits per heavy atom. The van der Waals surface area contributed by atoms with Gasteiger partial charge in [0, 0.05) is 18.0 Å². The third-order valence-electron chi connectivity index (χ3n) is 6.82. The molecule has 42 heavy (non-hydrogen) atoms. The summed E-state index contributed by atoms with van der Waals surface area (Å²) in [6.07, 6.45) is 20.3. The molecule has 1 atom stereocenters. The Morgan fingerprint density at radius 1 is 0.643 bits per heavy atom. The van der Waals surface area contributed by atoms with E-state index in [0.717, 1.165) is 12.8 Å². The lowest BCUT2D eigenvalue weighted by Gasteiger charge is -2.19. The average molecular weight is 581 g/mol. The maximum absolute atomic E-state index is 12.4. The minimum absolute atomic E-state index is 0.117. The monoisotopic (exact) mass is 580 g/mol. The van der Waals surface area contributed by atoms with Crippen LogP contribution in [-0.4, -0.2) is 38.1 Å². The topological polar surface area (TPSA) is 85.9 Å². The molecule has 7 heteroatoms. The standard InChI is InChI=1S/C35H52N2O5/c1-2-3-4-5-6-7-8-9-10-11-12-13-14-15-16-23-28-40-29-33(42-35(39)37-32-26-21-18-22-27-32)30-41-34(38)36-31-24-19-17-20-25-31/h9-10,17-22,24-27,33H,2-8,11-16,23,28-30H2,1H3,(H,36,38)(H,37,39)/b10-9+/t33-/m0/s1. The third-order valence-corrected chi connectivity index (χ3v) is 6.82. The predicted octanol–water partition coefficient (Wildman–Crippen LogP) is 9.91. The number of nitrogens with one attached hydrogen (secondary N) is 2. The molecule has 0 saturated heterocycles. The van der Waals surface area contributed by atoms with Crippen LogP contribution in [0.4, 0.5) is 21.0 Å². The van der Waals surface area contributed by atoms with E-state index in [4.69, 9.17) is 14.2 Å². The van der Waals surface area contributed by atoms with Gasteiger partial charge < -0.3 is 14.2 Å². The van der Waals surface area contributed by atoms with Gasteiger partial charge in [-0.25, -0.2) is 9.59 Å². The van der Waals surface area contributed by atoms with Gasteiger partial charge in [0.25, 0.3) is 0 Å². The fourth-order valence-corrected chi connectivity index (χ4v) is 4.45. The molecule has 0 aromatic heterocycles. The smallest absolute Gasteiger partial charge is 0.412 e. The van der Waals surface area contributed by atoms with Gasteiger partial charge in [-0.3, -0.25) is 10.6 Å². The van der Waals surface area contributed by atoms with Crippen LogP contribution in [0.1, 0.15) is 96.8 Å². The number of carbonyl (C=O) groups excluding carboxylic acids is 2. The van der Waals surface area contributed by atoms with Crippen LogP contribution in [-0.2, 0) is 14.2 Å². The van der Waals surface area contributed by atoms with Crippen LogP contribution in [0.5, 0.6) is 0 Å². The van der Waals surface area contributed by atoms with Crippen molar-refractivity contribution in [1.82, 2.24) is 0 Å². The van der Waals surface area contributed by atoms with Crippen LogP contribution < -0.4 is 10.6 Å². The number of carbonyl (C=O) groups is 2. The third kappa shape index (κ3) is 18.9. The molecule has 2 amide bonds. The Morgan fingerprint density at radius 2 is 1.14 bits per heavy atom. The molecule has 2 N–H and O–H groups in total. The lowest BCUT2D eigenvalue weighted by molar-refractivity contribution is -0.00628. The number of para-hydroxylation sites is 2. The number of hydrogen-bond acceptors (Lipinski definition) is 5. The zero-order chi connectivity index (χ0) is 29.9. The molecule has 0 radical (unpaired) electrons. The lowest BCUT2D eigenvalue weighted by Crippen LogP contribution is -2.32. The van der Waals surface area contributed by atoms with Gasteiger partial charge in [-0.05, 0) is 56.4 Å². The highest BCUT2D eigenvalue weighted by Crippen LogP contribution is 2.11. The second-order valence-corrected chi connectivity index (χ2v) is 10.6. The van der Waals surface area contributed by atoms with Gasteiger partial charge >= 0.3 is 12.2 Å². The maximum Gasteiger partial charge on any atom is 0.412 e. The normalized spacial score (nSPS) is 11.7. The molecule has 0 bridgehead atoms. The molecule has 0 aliphatic carbocycles. The fraction of sp³-hybridized carbons (Fsp3) is 0.543. The molecule has 0 aliphatic heterocycles. The number of anilines is 2. The largest absolute Gasteiger partial charge is 0.445 e. The summed E-state index contributed by atoms with van der Waals surface area (Å²) < 4.78 is 16.6. The number of hydrogen-bond donors (Lipinski definition) is 2. The highest BCUT2D eigenvalue weighted by molar-refractivity contribution is 5.85. The van der Waals surface area contributed by atoms with Crippen molar-refractivity contribution in [3.63, 3.8) is 0 Å². The molecule has 0 unspecified atom stereocenters. The average Bonchev–Trinajstić information content (AvgIpc) is 3.00. The lowest BCUT2D eigenvalue weighted by atomic mass is 10.1. The molecule has 2 rings (SSSR count). The van der Waals surface area contributed by atoms with E-state index in [2.05, 4.69) is 29.7 Å². The first kappa shape index (κ1) is 34.9. The number of amides is 2. The summed E-state index contributed by atoms with van der Waals surface area (Å²) >= 11 is 0. The first-order valence-corrected chi connectivity index (χ1v) is 15.9. The van der Waals surface area contributed by atoms with Crippen LogP contribution in [0.2, 0.25) is 0 Å². The molecule has 232 valence electrons. The van der Waals surface area contributed by atoms with Crippen LogP contribution in [0.3, 0.4) is 0 Å². The Hall–Kier alpha value is -3.32. The molecule has 0 heterocycles. The number of unbranched alkanes of at least 4 members (excludes halogenated alkanes) is 12. The van der Waals surface area contributed by atoms with Crippen molar-refractivity contribution in [2.75, 3.05) is 30.5 Å². The van der Waals surface area contributed by atoms with E-state index in [1.54, 1.807) is 24.3 Å². The van der Waals surface area contributed by atoms with Crippen molar-refractivity contribution in [2.45, 2.75) is 103 Å². The van der Waals surface area contributed by atoms with Crippen molar-refractivity contribution >= 4 is 23.6 Å². The van der Waals surface area contributed by atoms with Crippen molar-refractivity contribution in [1.29, 1.82) is 0 Å². The number of benzene rings is 2. The summed E-state index contributed by atoms with van der Waals surface area (Å²) in [7, 11) is 0. The Kier molecular flexibility index (Phi) is 20.2. The van der Waals surface area contributed by atoms with Crippen molar-refractivity contribution in [3.8, 4) is 0 Å². The first-order chi connectivity index (χ1) is 20.7. The van der Waals surface area contributed by atoms with Crippen LogP contribution in [0, 0.1) is 0 Å². The van der Waals surface area contributed by atoms with Crippen LogP contribution in [0.25, 0.3) is 0 Å². The summed E-state index contributed by atoms with van der Waals surface area (Å²) in [4.78, 5) is 24.6.